The van der Waals surface area contributed by atoms with Crippen molar-refractivity contribution in [3.63, 3.8) is 0 Å². The SMILES string of the molecule is CC(C)N1CC2=C(C1=O)[C@@H](c1ccc(O)cc1)NC(=O)N2C. The van der Waals surface area contributed by atoms with Gasteiger partial charge < -0.3 is 15.3 Å². The summed E-state index contributed by atoms with van der Waals surface area (Å²) >= 11 is 0. The van der Waals surface area contributed by atoms with Crippen molar-refractivity contribution in [1.29, 1.82) is 0 Å². The Bertz CT molecular complexity index is 664. The molecule has 2 heterocycles. The maximum atomic E-state index is 12.7. The van der Waals surface area contributed by atoms with E-state index in [9.17, 15) is 14.7 Å². The van der Waals surface area contributed by atoms with E-state index in [1.54, 1.807) is 36.2 Å². The molecule has 2 aliphatic heterocycles. The largest absolute Gasteiger partial charge is 0.508 e. The van der Waals surface area contributed by atoms with E-state index in [0.29, 0.717) is 12.1 Å². The van der Waals surface area contributed by atoms with Crippen molar-refractivity contribution in [2.45, 2.75) is 25.9 Å². The number of phenols is 1. The first-order valence-electron chi connectivity index (χ1n) is 7.27. The van der Waals surface area contributed by atoms with Crippen LogP contribution in [0.1, 0.15) is 25.5 Å². The molecular weight excluding hydrogens is 282 g/mol. The van der Waals surface area contributed by atoms with Crippen molar-refractivity contribution < 1.29 is 14.7 Å². The van der Waals surface area contributed by atoms with Crippen LogP contribution in [0.3, 0.4) is 0 Å². The Morgan fingerprint density at radius 2 is 1.86 bits per heavy atom. The lowest BCUT2D eigenvalue weighted by molar-refractivity contribution is -0.127. The first-order valence-corrected chi connectivity index (χ1v) is 7.27. The summed E-state index contributed by atoms with van der Waals surface area (Å²) in [5, 5.41) is 12.3. The van der Waals surface area contributed by atoms with Gasteiger partial charge in [0.05, 0.1) is 23.9 Å². The highest BCUT2D eigenvalue weighted by Gasteiger charge is 2.43. The van der Waals surface area contributed by atoms with E-state index in [4.69, 9.17) is 0 Å². The van der Waals surface area contributed by atoms with E-state index >= 15 is 0 Å². The molecule has 0 saturated heterocycles. The van der Waals surface area contributed by atoms with Crippen molar-refractivity contribution in [3.05, 3.63) is 41.1 Å². The summed E-state index contributed by atoms with van der Waals surface area (Å²) in [6.07, 6.45) is 0. The summed E-state index contributed by atoms with van der Waals surface area (Å²) in [5.74, 6) is 0.105. The van der Waals surface area contributed by atoms with E-state index in [0.717, 1.165) is 11.3 Å². The lowest BCUT2D eigenvalue weighted by Crippen LogP contribution is -2.45. The second-order valence-corrected chi connectivity index (χ2v) is 5.92. The average Bonchev–Trinajstić information content (AvgIpc) is 2.82. The number of carbonyl (C=O) groups excluding carboxylic acids is 2. The summed E-state index contributed by atoms with van der Waals surface area (Å²) in [6.45, 7) is 4.37. The van der Waals surface area contributed by atoms with Crippen LogP contribution in [0, 0.1) is 0 Å². The lowest BCUT2D eigenvalue weighted by atomic mass is 9.95. The van der Waals surface area contributed by atoms with E-state index < -0.39 is 6.04 Å². The summed E-state index contributed by atoms with van der Waals surface area (Å²) in [6, 6.07) is 5.93. The number of aromatic hydroxyl groups is 1. The lowest BCUT2D eigenvalue weighted by Gasteiger charge is -2.31. The van der Waals surface area contributed by atoms with E-state index in [1.165, 1.54) is 4.90 Å². The molecule has 3 rings (SSSR count). The van der Waals surface area contributed by atoms with Crippen molar-refractivity contribution in [2.24, 2.45) is 0 Å². The number of amides is 3. The Morgan fingerprint density at radius 1 is 1.23 bits per heavy atom. The topological polar surface area (TPSA) is 72.9 Å². The van der Waals surface area contributed by atoms with Crippen LogP contribution in [0.2, 0.25) is 0 Å². The predicted octanol–water partition coefficient (Wildman–Crippen LogP) is 1.59. The fourth-order valence-electron chi connectivity index (χ4n) is 2.92. The molecule has 0 bridgehead atoms. The molecule has 0 spiro atoms. The summed E-state index contributed by atoms with van der Waals surface area (Å²) in [7, 11) is 1.68. The molecule has 0 radical (unpaired) electrons. The smallest absolute Gasteiger partial charge is 0.322 e. The molecule has 0 fully saturated rings. The van der Waals surface area contributed by atoms with E-state index in [1.807, 2.05) is 13.8 Å². The normalized spacial score (nSPS) is 21.5. The van der Waals surface area contributed by atoms with Gasteiger partial charge in [-0.2, -0.15) is 0 Å². The van der Waals surface area contributed by atoms with Gasteiger partial charge in [0.15, 0.2) is 0 Å². The predicted molar refractivity (Wildman–Crippen MR) is 81.0 cm³/mol. The summed E-state index contributed by atoms with van der Waals surface area (Å²) in [4.78, 5) is 28.2. The van der Waals surface area contributed by atoms with E-state index in [2.05, 4.69) is 5.32 Å². The Kier molecular flexibility index (Phi) is 3.31. The minimum absolute atomic E-state index is 0.0464. The van der Waals surface area contributed by atoms with Crippen molar-refractivity contribution >= 4 is 11.9 Å². The summed E-state index contributed by atoms with van der Waals surface area (Å²) < 4.78 is 0. The van der Waals surface area contributed by atoms with Crippen LogP contribution in [0.15, 0.2) is 35.5 Å². The quantitative estimate of drug-likeness (QED) is 0.871. The Hall–Kier alpha value is -2.50. The van der Waals surface area contributed by atoms with Gasteiger partial charge in [-0.3, -0.25) is 9.69 Å². The van der Waals surface area contributed by atoms with Gasteiger partial charge >= 0.3 is 6.03 Å². The monoisotopic (exact) mass is 301 g/mol. The zero-order valence-corrected chi connectivity index (χ0v) is 12.8. The van der Waals surface area contributed by atoms with Crippen LogP contribution in [0.25, 0.3) is 0 Å². The Labute approximate surface area is 129 Å². The maximum Gasteiger partial charge on any atom is 0.322 e. The molecule has 0 unspecified atom stereocenters. The van der Waals surface area contributed by atoms with Crippen LogP contribution in [-0.2, 0) is 4.79 Å². The molecule has 1 aromatic rings. The molecule has 0 saturated carbocycles. The van der Waals surface area contributed by atoms with Crippen LogP contribution < -0.4 is 5.32 Å². The fourth-order valence-corrected chi connectivity index (χ4v) is 2.92. The first kappa shape index (κ1) is 14.4. The number of nitrogens with zero attached hydrogens (tertiary/aromatic N) is 2. The highest BCUT2D eigenvalue weighted by molar-refractivity contribution is 6.01. The molecule has 22 heavy (non-hydrogen) atoms. The zero-order chi connectivity index (χ0) is 16.0. The third-order valence-corrected chi connectivity index (χ3v) is 4.24. The number of benzene rings is 1. The molecule has 0 aromatic heterocycles. The van der Waals surface area contributed by atoms with Gasteiger partial charge in [0, 0.05) is 13.1 Å². The number of nitrogens with one attached hydrogen (secondary N) is 1. The molecule has 6 nitrogen and oxygen atoms in total. The van der Waals surface area contributed by atoms with Crippen molar-refractivity contribution in [2.75, 3.05) is 13.6 Å². The number of urea groups is 1. The molecule has 116 valence electrons. The Balaban J connectivity index is 2.05. The number of carbonyl (C=O) groups is 2. The molecule has 2 N–H and O–H groups in total. The van der Waals surface area contributed by atoms with Crippen LogP contribution in [0.5, 0.6) is 5.75 Å². The third kappa shape index (κ3) is 2.11. The van der Waals surface area contributed by atoms with Gasteiger partial charge in [-0.1, -0.05) is 12.1 Å². The minimum Gasteiger partial charge on any atom is -0.508 e. The van der Waals surface area contributed by atoms with Crippen LogP contribution >= 0.6 is 0 Å². The highest BCUT2D eigenvalue weighted by Crippen LogP contribution is 2.36. The van der Waals surface area contributed by atoms with Crippen molar-refractivity contribution in [1.82, 2.24) is 15.1 Å². The number of hydrogen-bond acceptors (Lipinski definition) is 3. The number of phenolic OH excluding ortho intramolecular Hbond substituents is 1. The molecule has 1 atom stereocenters. The molecule has 3 amide bonds. The fraction of sp³-hybridized carbons (Fsp3) is 0.375. The number of hydrogen-bond donors (Lipinski definition) is 2. The zero-order valence-electron chi connectivity index (χ0n) is 12.8. The second-order valence-electron chi connectivity index (χ2n) is 5.92. The standard InChI is InChI=1S/C16H19N3O3/c1-9(2)19-8-12-13(15(19)21)14(17-16(22)18(12)3)10-4-6-11(20)7-5-10/h4-7,9,14,20H,8H2,1-3H3,(H,17,22)/t14-/m1/s1. The first-order chi connectivity index (χ1) is 10.4. The molecule has 1 aromatic carbocycles. The molecule has 6 heteroatoms. The van der Waals surface area contributed by atoms with Crippen LogP contribution in [0.4, 0.5) is 4.79 Å². The highest BCUT2D eigenvalue weighted by atomic mass is 16.3. The van der Waals surface area contributed by atoms with E-state index in [-0.39, 0.29) is 23.7 Å². The van der Waals surface area contributed by atoms with Gasteiger partial charge in [0.2, 0.25) is 0 Å². The molecular formula is C16H19N3O3. The number of rotatable bonds is 2. The molecule has 2 aliphatic rings. The third-order valence-electron chi connectivity index (χ3n) is 4.24. The second kappa shape index (κ2) is 5.05. The number of likely N-dealkylation sites (N-methyl/N-ethyl adjacent to an activating group) is 1. The summed E-state index contributed by atoms with van der Waals surface area (Å²) in [5.41, 5.74) is 2.15. The van der Waals surface area contributed by atoms with Gasteiger partial charge in [-0.25, -0.2) is 4.79 Å². The maximum absolute atomic E-state index is 12.7. The van der Waals surface area contributed by atoms with Gasteiger partial charge in [0.25, 0.3) is 5.91 Å². The van der Waals surface area contributed by atoms with Gasteiger partial charge in [-0.15, -0.1) is 0 Å². The minimum atomic E-state index is -0.476. The van der Waals surface area contributed by atoms with Crippen molar-refractivity contribution in [3.8, 4) is 5.75 Å². The van der Waals surface area contributed by atoms with Gasteiger partial charge in [-0.05, 0) is 31.5 Å². The van der Waals surface area contributed by atoms with Gasteiger partial charge in [0.1, 0.15) is 5.75 Å². The molecule has 0 aliphatic carbocycles. The average molecular weight is 301 g/mol. The Morgan fingerprint density at radius 3 is 2.45 bits per heavy atom. The van der Waals surface area contributed by atoms with Crippen LogP contribution in [-0.4, -0.2) is 46.5 Å².